The van der Waals surface area contributed by atoms with E-state index < -0.39 is 0 Å². The molecule has 0 bridgehead atoms. The number of benzene rings is 1. The molecule has 1 aliphatic heterocycles. The molecule has 1 aromatic heterocycles. The zero-order chi connectivity index (χ0) is 14.1. The van der Waals surface area contributed by atoms with Crippen molar-refractivity contribution in [2.45, 2.75) is 6.54 Å². The van der Waals surface area contributed by atoms with Crippen molar-refractivity contribution in [2.24, 2.45) is 4.99 Å². The van der Waals surface area contributed by atoms with Crippen LogP contribution in [0.25, 0.3) is 11.0 Å². The van der Waals surface area contributed by atoms with E-state index in [1.165, 1.54) is 16.3 Å². The molecule has 2 aromatic rings. The van der Waals surface area contributed by atoms with Gasteiger partial charge in [-0.05, 0) is 18.4 Å². The summed E-state index contributed by atoms with van der Waals surface area (Å²) in [4.78, 5) is 32.9. The lowest BCUT2D eigenvalue weighted by molar-refractivity contribution is -0.127. The third kappa shape index (κ3) is 2.14. The zero-order valence-corrected chi connectivity index (χ0v) is 11.8. The van der Waals surface area contributed by atoms with Crippen LogP contribution in [0.1, 0.15) is 0 Å². The van der Waals surface area contributed by atoms with Crippen LogP contribution in [0.5, 0.6) is 0 Å². The summed E-state index contributed by atoms with van der Waals surface area (Å²) in [5, 5.41) is 0.725. The predicted octanol–water partition coefficient (Wildman–Crippen LogP) is 0.891. The summed E-state index contributed by atoms with van der Waals surface area (Å²) in [6.45, 7) is 1.25. The van der Waals surface area contributed by atoms with Gasteiger partial charge < -0.3 is 4.98 Å². The number of H-pyrrole nitrogens is 1. The Bertz CT molecular complexity index is 746. The SMILES string of the molecule is CSC1=NCCN1C(=O)Cn1c(=O)[nH]c2ccccc21. The van der Waals surface area contributed by atoms with Crippen molar-refractivity contribution >= 4 is 33.9 Å². The highest BCUT2D eigenvalue weighted by atomic mass is 32.2. The van der Waals surface area contributed by atoms with Crippen LogP contribution < -0.4 is 5.69 Å². The third-order valence-electron chi connectivity index (χ3n) is 3.26. The molecule has 0 unspecified atom stereocenters. The lowest BCUT2D eigenvalue weighted by Gasteiger charge is -2.16. The first-order valence-electron chi connectivity index (χ1n) is 6.27. The molecule has 1 N–H and O–H groups in total. The van der Waals surface area contributed by atoms with E-state index in [2.05, 4.69) is 9.98 Å². The van der Waals surface area contributed by atoms with Crippen LogP contribution in [0, 0.1) is 0 Å². The maximum absolute atomic E-state index is 12.3. The summed E-state index contributed by atoms with van der Waals surface area (Å²) in [6, 6.07) is 7.35. The van der Waals surface area contributed by atoms with Gasteiger partial charge in [-0.2, -0.15) is 0 Å². The van der Waals surface area contributed by atoms with E-state index in [-0.39, 0.29) is 18.1 Å². The fourth-order valence-electron chi connectivity index (χ4n) is 2.32. The normalized spacial score (nSPS) is 14.8. The molecule has 1 aliphatic rings. The molecule has 20 heavy (non-hydrogen) atoms. The second-order valence-electron chi connectivity index (χ2n) is 4.45. The van der Waals surface area contributed by atoms with Gasteiger partial charge in [-0.25, -0.2) is 4.79 Å². The number of fused-ring (bicyclic) bond motifs is 1. The fourth-order valence-corrected chi connectivity index (χ4v) is 2.95. The number of thioether (sulfide) groups is 1. The first kappa shape index (κ1) is 13.0. The molecule has 3 rings (SSSR count). The number of aromatic amines is 1. The average Bonchev–Trinajstić information content (AvgIpc) is 3.04. The molecule has 104 valence electrons. The predicted molar refractivity (Wildman–Crippen MR) is 80.1 cm³/mol. The number of amidine groups is 1. The molecular weight excluding hydrogens is 276 g/mol. The maximum Gasteiger partial charge on any atom is 0.326 e. The van der Waals surface area contributed by atoms with Gasteiger partial charge in [-0.15, -0.1) is 0 Å². The molecule has 0 fully saturated rings. The quantitative estimate of drug-likeness (QED) is 0.893. The van der Waals surface area contributed by atoms with Crippen LogP contribution in [-0.2, 0) is 11.3 Å². The number of amides is 1. The van der Waals surface area contributed by atoms with Crippen molar-refractivity contribution in [3.8, 4) is 0 Å². The summed E-state index contributed by atoms with van der Waals surface area (Å²) < 4.78 is 1.47. The van der Waals surface area contributed by atoms with E-state index >= 15 is 0 Å². The summed E-state index contributed by atoms with van der Waals surface area (Å²) in [5.74, 6) is -0.109. The Morgan fingerprint density at radius 1 is 1.45 bits per heavy atom. The van der Waals surface area contributed by atoms with Crippen LogP contribution in [-0.4, -0.2) is 44.9 Å². The van der Waals surface area contributed by atoms with E-state index in [0.29, 0.717) is 13.1 Å². The molecule has 1 amide bonds. The van der Waals surface area contributed by atoms with Gasteiger partial charge in [0.25, 0.3) is 0 Å². The average molecular weight is 290 g/mol. The lowest BCUT2D eigenvalue weighted by atomic mass is 10.3. The van der Waals surface area contributed by atoms with E-state index in [0.717, 1.165) is 16.2 Å². The number of hydrogen-bond donors (Lipinski definition) is 1. The molecule has 0 aliphatic carbocycles. The standard InChI is InChI=1S/C13H14N4O2S/c1-20-13-14-6-7-16(13)11(18)8-17-10-5-3-2-4-9(10)15-12(17)19/h2-5H,6-8H2,1H3,(H,15,19). The Morgan fingerprint density at radius 3 is 3.05 bits per heavy atom. The summed E-state index contributed by atoms with van der Waals surface area (Å²) >= 11 is 1.45. The minimum atomic E-state index is -0.263. The number of hydrogen-bond acceptors (Lipinski definition) is 4. The van der Waals surface area contributed by atoms with E-state index in [9.17, 15) is 9.59 Å². The fraction of sp³-hybridized carbons (Fsp3) is 0.308. The van der Waals surface area contributed by atoms with Gasteiger partial charge in [-0.3, -0.25) is 19.3 Å². The number of para-hydroxylation sites is 2. The molecule has 0 saturated heterocycles. The van der Waals surface area contributed by atoms with Crippen LogP contribution in [0.15, 0.2) is 34.1 Å². The van der Waals surface area contributed by atoms with Crippen LogP contribution in [0.2, 0.25) is 0 Å². The Balaban J connectivity index is 1.90. The minimum Gasteiger partial charge on any atom is -0.306 e. The number of carbonyl (C=O) groups excluding carboxylic acids is 1. The molecule has 0 saturated carbocycles. The molecule has 0 radical (unpaired) electrons. The summed E-state index contributed by atoms with van der Waals surface area (Å²) in [7, 11) is 0. The van der Waals surface area contributed by atoms with Crippen molar-refractivity contribution in [1.29, 1.82) is 0 Å². The summed E-state index contributed by atoms with van der Waals surface area (Å²) in [6.07, 6.45) is 1.89. The zero-order valence-electron chi connectivity index (χ0n) is 11.0. The molecule has 2 heterocycles. The van der Waals surface area contributed by atoms with Crippen molar-refractivity contribution in [1.82, 2.24) is 14.5 Å². The molecule has 7 heteroatoms. The highest BCUT2D eigenvalue weighted by Gasteiger charge is 2.24. The number of nitrogens with zero attached hydrogens (tertiary/aromatic N) is 3. The van der Waals surface area contributed by atoms with Gasteiger partial charge in [0, 0.05) is 6.54 Å². The number of aliphatic imine (C=N–C) groups is 1. The van der Waals surface area contributed by atoms with Crippen molar-refractivity contribution in [3.05, 3.63) is 34.7 Å². The Hall–Kier alpha value is -2.02. The molecule has 6 nitrogen and oxygen atoms in total. The number of carbonyl (C=O) groups is 1. The largest absolute Gasteiger partial charge is 0.326 e. The van der Waals surface area contributed by atoms with E-state index in [4.69, 9.17) is 0 Å². The smallest absolute Gasteiger partial charge is 0.306 e. The Labute approximate surface area is 119 Å². The second-order valence-corrected chi connectivity index (χ2v) is 5.22. The highest BCUT2D eigenvalue weighted by Crippen LogP contribution is 2.14. The van der Waals surface area contributed by atoms with E-state index in [1.54, 1.807) is 4.90 Å². The summed E-state index contributed by atoms with van der Waals surface area (Å²) in [5.41, 5.74) is 1.22. The third-order valence-corrected chi connectivity index (χ3v) is 3.97. The van der Waals surface area contributed by atoms with Gasteiger partial charge in [0.15, 0.2) is 5.17 Å². The number of imidazole rings is 1. The van der Waals surface area contributed by atoms with Gasteiger partial charge >= 0.3 is 5.69 Å². The Kier molecular flexibility index (Phi) is 3.35. The van der Waals surface area contributed by atoms with Crippen molar-refractivity contribution in [2.75, 3.05) is 19.3 Å². The number of rotatable bonds is 2. The molecule has 1 aromatic carbocycles. The Morgan fingerprint density at radius 2 is 2.25 bits per heavy atom. The minimum absolute atomic E-state index is 0.0302. The number of nitrogens with one attached hydrogen (secondary N) is 1. The molecular formula is C13H14N4O2S. The second kappa shape index (κ2) is 5.16. The molecule has 0 spiro atoms. The van der Waals surface area contributed by atoms with Crippen molar-refractivity contribution < 1.29 is 4.79 Å². The first-order chi connectivity index (χ1) is 9.70. The molecule has 0 atom stereocenters. The van der Waals surface area contributed by atoms with Crippen LogP contribution in [0.4, 0.5) is 0 Å². The first-order valence-corrected chi connectivity index (χ1v) is 7.49. The maximum atomic E-state index is 12.3. The van der Waals surface area contributed by atoms with E-state index in [1.807, 2.05) is 30.5 Å². The van der Waals surface area contributed by atoms with Gasteiger partial charge in [0.05, 0.1) is 17.6 Å². The lowest BCUT2D eigenvalue weighted by Crippen LogP contribution is -2.37. The van der Waals surface area contributed by atoms with Gasteiger partial charge in [0.2, 0.25) is 5.91 Å². The van der Waals surface area contributed by atoms with Gasteiger partial charge in [0.1, 0.15) is 6.54 Å². The van der Waals surface area contributed by atoms with Crippen LogP contribution >= 0.6 is 11.8 Å². The topological polar surface area (TPSA) is 70.5 Å². The van der Waals surface area contributed by atoms with Crippen LogP contribution in [0.3, 0.4) is 0 Å². The monoisotopic (exact) mass is 290 g/mol. The van der Waals surface area contributed by atoms with Crippen molar-refractivity contribution in [3.63, 3.8) is 0 Å². The number of aromatic nitrogens is 2. The highest BCUT2D eigenvalue weighted by molar-refractivity contribution is 8.13. The van der Waals surface area contributed by atoms with Gasteiger partial charge in [-0.1, -0.05) is 23.9 Å².